The second-order valence-electron chi connectivity index (χ2n) is 9.85. The van der Waals surface area contributed by atoms with Crippen molar-refractivity contribution < 1.29 is 33.7 Å². The molecule has 0 saturated carbocycles. The van der Waals surface area contributed by atoms with E-state index in [0.717, 1.165) is 5.56 Å². The Balaban J connectivity index is 1.31. The van der Waals surface area contributed by atoms with E-state index in [9.17, 15) is 19.5 Å². The number of carboxylic acid groups (broad SMARTS) is 1. The second-order valence-corrected chi connectivity index (χ2v) is 9.85. The number of carboxylic acids is 1. The number of carbonyl (C=O) groups excluding carboxylic acids is 2. The number of hydrogen-bond acceptors (Lipinski definition) is 9. The van der Waals surface area contributed by atoms with Gasteiger partial charge >= 0.3 is 12.0 Å². The van der Waals surface area contributed by atoms with Gasteiger partial charge in [0.05, 0.1) is 6.33 Å². The normalized spacial score (nSPS) is 27.4. The summed E-state index contributed by atoms with van der Waals surface area (Å²) in [6, 6.07) is 8.26. The maximum Gasteiger partial charge on any atom is 0.326 e. The van der Waals surface area contributed by atoms with E-state index in [2.05, 4.69) is 25.6 Å². The summed E-state index contributed by atoms with van der Waals surface area (Å²) in [4.78, 5) is 51.8. The minimum Gasteiger partial charge on any atom is -0.480 e. The standard InChI is InChI=1S/C27H29N7O7/c1-2-28-27(38)32-22-18-23(30-13-29-22)34(14-31-18)25-21-19(39-17(40-21)11-10-15-7-4-3-5-8-15)20(41-25)24(35)33-12-6-9-16(33)26(36)37/h3-5,7-8,10-11,13-14,16-17,19-21,25H,2,6,9,12H2,1H3,(H,36,37)(H2,28,29,30,32,38)/b11-10+. The zero-order chi connectivity index (χ0) is 28.5. The molecule has 6 atom stereocenters. The van der Waals surface area contributed by atoms with Gasteiger partial charge in [-0.1, -0.05) is 36.4 Å². The van der Waals surface area contributed by atoms with Crippen molar-refractivity contribution in [1.29, 1.82) is 0 Å². The fourth-order valence-electron chi connectivity index (χ4n) is 5.43. The number of urea groups is 1. The van der Waals surface area contributed by atoms with Gasteiger partial charge in [0.25, 0.3) is 5.91 Å². The Hall–Kier alpha value is -4.40. The van der Waals surface area contributed by atoms with Crippen LogP contribution in [0, 0.1) is 0 Å². The zero-order valence-corrected chi connectivity index (χ0v) is 22.1. The van der Waals surface area contributed by atoms with E-state index < -0.39 is 54.8 Å². The molecule has 41 heavy (non-hydrogen) atoms. The molecule has 0 bridgehead atoms. The van der Waals surface area contributed by atoms with Crippen LogP contribution in [0.1, 0.15) is 31.6 Å². The summed E-state index contributed by atoms with van der Waals surface area (Å²) in [5.41, 5.74) is 1.61. The SMILES string of the molecule is CCNC(=O)Nc1ncnc2c1ncn2C1OC(C(=O)N2CCCC2C(=O)O)C2OC(/C=C/c3ccccc3)OC21. The van der Waals surface area contributed by atoms with Gasteiger partial charge in [0.1, 0.15) is 24.6 Å². The molecule has 1 aromatic carbocycles. The zero-order valence-electron chi connectivity index (χ0n) is 22.1. The largest absolute Gasteiger partial charge is 0.480 e. The smallest absolute Gasteiger partial charge is 0.326 e. The number of aromatic nitrogens is 4. The van der Waals surface area contributed by atoms with Crippen LogP contribution in [0.25, 0.3) is 17.2 Å². The lowest BCUT2D eigenvalue weighted by Gasteiger charge is -2.26. The Bertz CT molecular complexity index is 1480. The number of fused-ring (bicyclic) bond motifs is 2. The van der Waals surface area contributed by atoms with Crippen LogP contribution >= 0.6 is 0 Å². The Kier molecular flexibility index (Phi) is 7.34. The van der Waals surface area contributed by atoms with Gasteiger partial charge in [-0.25, -0.2) is 24.5 Å². The second kappa shape index (κ2) is 11.2. The minimum absolute atomic E-state index is 0.204. The topological polar surface area (TPSA) is 170 Å². The van der Waals surface area contributed by atoms with Crippen molar-refractivity contribution in [1.82, 2.24) is 29.7 Å². The summed E-state index contributed by atoms with van der Waals surface area (Å²) in [6.07, 6.45) is 2.99. The van der Waals surface area contributed by atoms with Gasteiger partial charge in [-0.15, -0.1) is 0 Å². The van der Waals surface area contributed by atoms with Crippen LogP contribution in [0.15, 0.2) is 49.1 Å². The van der Waals surface area contributed by atoms with Crippen molar-refractivity contribution in [3.63, 3.8) is 0 Å². The van der Waals surface area contributed by atoms with Crippen LogP contribution < -0.4 is 10.6 Å². The summed E-state index contributed by atoms with van der Waals surface area (Å²) >= 11 is 0. The number of rotatable bonds is 7. The van der Waals surface area contributed by atoms with Gasteiger partial charge in [-0.2, -0.15) is 0 Å². The highest BCUT2D eigenvalue weighted by molar-refractivity contribution is 5.95. The Morgan fingerprint density at radius 3 is 2.68 bits per heavy atom. The number of anilines is 1. The van der Waals surface area contributed by atoms with Crippen molar-refractivity contribution in [3.8, 4) is 0 Å². The number of nitrogens with one attached hydrogen (secondary N) is 2. The van der Waals surface area contributed by atoms with Crippen molar-refractivity contribution in [2.45, 2.75) is 56.6 Å². The molecule has 3 aliphatic rings. The number of aliphatic carboxylic acids is 1. The van der Waals surface area contributed by atoms with Crippen LogP contribution in [-0.4, -0.2) is 91.2 Å². The number of hydrogen-bond donors (Lipinski definition) is 3. The van der Waals surface area contributed by atoms with Crippen molar-refractivity contribution in [2.24, 2.45) is 0 Å². The quantitative estimate of drug-likeness (QED) is 0.385. The summed E-state index contributed by atoms with van der Waals surface area (Å²) in [6.45, 7) is 2.54. The third-order valence-electron chi connectivity index (χ3n) is 7.28. The molecule has 3 fully saturated rings. The molecule has 14 nitrogen and oxygen atoms in total. The van der Waals surface area contributed by atoms with E-state index in [1.165, 1.54) is 17.6 Å². The fourth-order valence-corrected chi connectivity index (χ4v) is 5.43. The summed E-state index contributed by atoms with van der Waals surface area (Å²) in [5.74, 6) is -1.32. The van der Waals surface area contributed by atoms with Crippen LogP contribution in [0.4, 0.5) is 10.6 Å². The molecule has 3 aliphatic heterocycles. The van der Waals surface area contributed by atoms with Crippen LogP contribution in [0.2, 0.25) is 0 Å². The molecule has 214 valence electrons. The summed E-state index contributed by atoms with van der Waals surface area (Å²) in [5, 5.41) is 15.0. The minimum atomic E-state index is -1.12. The van der Waals surface area contributed by atoms with Gasteiger partial charge < -0.3 is 29.5 Å². The van der Waals surface area contributed by atoms with E-state index in [0.29, 0.717) is 37.1 Å². The first kappa shape index (κ1) is 26.8. The highest BCUT2D eigenvalue weighted by atomic mass is 16.8. The maximum atomic E-state index is 13.7. The molecule has 6 rings (SSSR count). The van der Waals surface area contributed by atoms with Crippen LogP contribution in [-0.2, 0) is 23.8 Å². The number of imidazole rings is 1. The highest BCUT2D eigenvalue weighted by Gasteiger charge is 2.57. The van der Waals surface area contributed by atoms with Gasteiger partial charge in [-0.05, 0) is 31.4 Å². The molecule has 0 radical (unpaired) electrons. The third kappa shape index (κ3) is 5.12. The number of nitrogens with zero attached hydrogens (tertiary/aromatic N) is 5. The van der Waals surface area contributed by atoms with Gasteiger partial charge in [0, 0.05) is 13.1 Å². The van der Waals surface area contributed by atoms with Crippen molar-refractivity contribution in [2.75, 3.05) is 18.4 Å². The van der Waals surface area contributed by atoms with Gasteiger partial charge in [0.15, 0.2) is 35.6 Å². The molecular weight excluding hydrogens is 534 g/mol. The average molecular weight is 564 g/mol. The predicted molar refractivity (Wildman–Crippen MR) is 143 cm³/mol. The molecule has 3 N–H and O–H groups in total. The lowest BCUT2D eigenvalue weighted by Crippen LogP contribution is -2.49. The Labute approximate surface area is 234 Å². The number of likely N-dealkylation sites (tertiary alicyclic amines) is 1. The molecule has 0 spiro atoms. The van der Waals surface area contributed by atoms with Crippen LogP contribution in [0.3, 0.4) is 0 Å². The number of carbonyl (C=O) groups is 3. The van der Waals surface area contributed by atoms with E-state index in [1.54, 1.807) is 17.6 Å². The lowest BCUT2D eigenvalue weighted by molar-refractivity contribution is -0.165. The first-order valence-corrected chi connectivity index (χ1v) is 13.4. The van der Waals surface area contributed by atoms with E-state index in [-0.39, 0.29) is 5.82 Å². The molecular formula is C27H29N7O7. The van der Waals surface area contributed by atoms with E-state index in [4.69, 9.17) is 14.2 Å². The van der Waals surface area contributed by atoms with Crippen molar-refractivity contribution >= 4 is 41.0 Å². The van der Waals surface area contributed by atoms with Crippen molar-refractivity contribution in [3.05, 3.63) is 54.6 Å². The Morgan fingerprint density at radius 1 is 1.10 bits per heavy atom. The molecule has 0 aliphatic carbocycles. The fraction of sp³-hybridized carbons (Fsp3) is 0.407. The molecule has 6 unspecified atom stereocenters. The Morgan fingerprint density at radius 2 is 1.90 bits per heavy atom. The summed E-state index contributed by atoms with van der Waals surface area (Å²) in [7, 11) is 0. The monoisotopic (exact) mass is 563 g/mol. The maximum absolute atomic E-state index is 13.7. The van der Waals surface area contributed by atoms with Gasteiger partial charge in [0.2, 0.25) is 0 Å². The first-order valence-electron chi connectivity index (χ1n) is 13.4. The van der Waals surface area contributed by atoms with E-state index >= 15 is 0 Å². The molecule has 3 amide bonds. The van der Waals surface area contributed by atoms with E-state index in [1.807, 2.05) is 36.4 Å². The number of ether oxygens (including phenoxy) is 3. The average Bonchev–Trinajstić information content (AvgIpc) is 3.76. The predicted octanol–water partition coefficient (Wildman–Crippen LogP) is 1.76. The molecule has 14 heteroatoms. The molecule has 2 aromatic heterocycles. The summed E-state index contributed by atoms with van der Waals surface area (Å²) < 4.78 is 20.3. The molecule has 3 aromatic rings. The third-order valence-corrected chi connectivity index (χ3v) is 7.28. The van der Waals surface area contributed by atoms with Crippen LogP contribution in [0.5, 0.6) is 0 Å². The number of benzene rings is 1. The lowest BCUT2D eigenvalue weighted by atomic mass is 10.1. The molecule has 5 heterocycles. The molecule has 3 saturated heterocycles. The number of amides is 3. The first-order chi connectivity index (χ1) is 19.9. The highest BCUT2D eigenvalue weighted by Crippen LogP contribution is 2.42. The van der Waals surface area contributed by atoms with Gasteiger partial charge in [-0.3, -0.25) is 14.7 Å².